The highest BCUT2D eigenvalue weighted by atomic mass is 19.1. The number of hydrogen-bond donors (Lipinski definition) is 0. The van der Waals surface area contributed by atoms with Crippen molar-refractivity contribution in [3.63, 3.8) is 0 Å². The Morgan fingerprint density at radius 3 is 1.86 bits per heavy atom. The summed E-state index contributed by atoms with van der Waals surface area (Å²) >= 11 is 0. The van der Waals surface area contributed by atoms with Crippen LogP contribution < -0.4 is 4.90 Å². The van der Waals surface area contributed by atoms with E-state index in [0.29, 0.717) is 17.4 Å². The zero-order valence-electron chi connectivity index (χ0n) is 24.6. The zero-order valence-corrected chi connectivity index (χ0v) is 24.6. The molecule has 212 valence electrons. The van der Waals surface area contributed by atoms with Gasteiger partial charge in [0.15, 0.2) is 0 Å². The molecule has 5 aromatic rings. The van der Waals surface area contributed by atoms with Gasteiger partial charge in [-0.3, -0.25) is 0 Å². The van der Waals surface area contributed by atoms with Crippen molar-refractivity contribution in [2.75, 3.05) is 4.90 Å². The Hall–Kier alpha value is -4.17. The Morgan fingerprint density at radius 2 is 1.14 bits per heavy atom. The summed E-state index contributed by atoms with van der Waals surface area (Å²) in [4.78, 5) is 2.33. The second-order valence-corrected chi connectivity index (χ2v) is 13.6. The molecule has 43 heavy (non-hydrogen) atoms. The molecule has 5 aromatic carbocycles. The van der Waals surface area contributed by atoms with Gasteiger partial charge < -0.3 is 4.90 Å². The number of rotatable bonds is 4. The molecule has 5 aliphatic rings. The van der Waals surface area contributed by atoms with Gasteiger partial charge in [-0.15, -0.1) is 0 Å². The van der Waals surface area contributed by atoms with Crippen molar-refractivity contribution in [1.82, 2.24) is 0 Å². The average molecular weight is 562 g/mol. The van der Waals surface area contributed by atoms with Crippen LogP contribution in [0, 0.1) is 36.4 Å². The Labute approximate surface area is 254 Å². The fourth-order valence-electron chi connectivity index (χ4n) is 9.93. The number of hydrogen-bond acceptors (Lipinski definition) is 1. The van der Waals surface area contributed by atoms with Crippen LogP contribution in [-0.4, -0.2) is 0 Å². The van der Waals surface area contributed by atoms with Gasteiger partial charge in [-0.1, -0.05) is 72.8 Å². The summed E-state index contributed by atoms with van der Waals surface area (Å²) in [6, 6.07) is 41.3. The third-order valence-corrected chi connectivity index (χ3v) is 11.4. The molecule has 0 aromatic heterocycles. The summed E-state index contributed by atoms with van der Waals surface area (Å²) in [5, 5.41) is 0. The lowest BCUT2D eigenvalue weighted by Gasteiger charge is -2.61. The summed E-state index contributed by atoms with van der Waals surface area (Å²) in [6.07, 6.45) is 6.92. The second kappa shape index (κ2) is 9.41. The fraction of sp³-hybridized carbons (Fsp3) is 0.268. The first-order valence-electron chi connectivity index (χ1n) is 16.1. The van der Waals surface area contributed by atoms with Crippen LogP contribution in [0.1, 0.15) is 48.8 Å². The van der Waals surface area contributed by atoms with Gasteiger partial charge in [0, 0.05) is 22.5 Å². The summed E-state index contributed by atoms with van der Waals surface area (Å²) in [6.45, 7) is 1.86. The molecule has 0 aliphatic heterocycles. The molecule has 5 aliphatic carbocycles. The van der Waals surface area contributed by atoms with E-state index in [4.69, 9.17) is 0 Å². The van der Waals surface area contributed by atoms with E-state index in [-0.39, 0.29) is 11.2 Å². The van der Waals surface area contributed by atoms with Gasteiger partial charge in [0.05, 0.1) is 0 Å². The molecule has 0 heterocycles. The van der Waals surface area contributed by atoms with Crippen LogP contribution in [0.25, 0.3) is 22.3 Å². The maximum atomic E-state index is 14.5. The molecule has 2 heteroatoms. The van der Waals surface area contributed by atoms with E-state index in [1.54, 1.807) is 11.6 Å². The van der Waals surface area contributed by atoms with Crippen molar-refractivity contribution in [2.45, 2.75) is 44.4 Å². The quantitative estimate of drug-likeness (QED) is 0.211. The first-order chi connectivity index (χ1) is 21.1. The molecule has 4 bridgehead atoms. The minimum absolute atomic E-state index is 0.108. The first kappa shape index (κ1) is 25.3. The number of nitrogens with zero attached hydrogens (tertiary/aromatic N) is 1. The highest BCUT2D eigenvalue weighted by molar-refractivity contribution is 5.86. The molecule has 0 N–H and O–H groups in total. The number of anilines is 3. The standard InChI is InChI=1S/C41H36FN/c1-26-19-34(16-18-40(26)42)43(33-13-11-30(12-14-33)29-7-3-2-4-8-29)35-15-17-37-36-9-5-6-10-38(36)41(39(37)25-35)31-21-27-20-28(23-31)24-32(41)22-27/h2-19,25,27-28,31-32H,20-24H2,1H3. The molecule has 0 radical (unpaired) electrons. The van der Waals surface area contributed by atoms with Crippen molar-refractivity contribution >= 4 is 17.1 Å². The molecule has 10 rings (SSSR count). The lowest BCUT2D eigenvalue weighted by Crippen LogP contribution is -2.55. The third-order valence-electron chi connectivity index (χ3n) is 11.4. The van der Waals surface area contributed by atoms with E-state index in [1.807, 2.05) is 19.1 Å². The van der Waals surface area contributed by atoms with Crippen LogP contribution in [0.2, 0.25) is 0 Å². The second-order valence-electron chi connectivity index (χ2n) is 13.6. The normalized spacial score (nSPS) is 26.0. The molecule has 0 saturated heterocycles. The minimum atomic E-state index is -0.167. The minimum Gasteiger partial charge on any atom is -0.310 e. The van der Waals surface area contributed by atoms with Crippen LogP contribution in [0.3, 0.4) is 0 Å². The molecular formula is C41H36FN. The molecule has 4 fully saturated rings. The third kappa shape index (κ3) is 3.68. The summed E-state index contributed by atoms with van der Waals surface area (Å²) in [5.74, 6) is 3.09. The Bertz CT molecular complexity index is 1830. The fourth-order valence-corrected chi connectivity index (χ4v) is 9.93. The van der Waals surface area contributed by atoms with Crippen molar-refractivity contribution in [2.24, 2.45) is 23.7 Å². The van der Waals surface area contributed by atoms with E-state index < -0.39 is 0 Å². The van der Waals surface area contributed by atoms with E-state index in [9.17, 15) is 4.39 Å². The van der Waals surface area contributed by atoms with Gasteiger partial charge in [0.2, 0.25) is 0 Å². The largest absolute Gasteiger partial charge is 0.310 e. The maximum absolute atomic E-state index is 14.5. The summed E-state index contributed by atoms with van der Waals surface area (Å²) in [5.41, 5.74) is 12.4. The number of aryl methyl sites for hydroxylation is 1. The van der Waals surface area contributed by atoms with Crippen LogP contribution in [0.15, 0.2) is 115 Å². The zero-order chi connectivity index (χ0) is 28.7. The number of halogens is 1. The Morgan fingerprint density at radius 1 is 0.558 bits per heavy atom. The summed E-state index contributed by atoms with van der Waals surface area (Å²) < 4.78 is 14.5. The van der Waals surface area contributed by atoms with Crippen LogP contribution >= 0.6 is 0 Å². The monoisotopic (exact) mass is 561 g/mol. The van der Waals surface area contributed by atoms with Crippen LogP contribution in [0.4, 0.5) is 21.5 Å². The molecule has 0 amide bonds. The lowest BCUT2D eigenvalue weighted by molar-refractivity contribution is -0.0399. The van der Waals surface area contributed by atoms with Gasteiger partial charge in [0.25, 0.3) is 0 Å². The predicted octanol–water partition coefficient (Wildman–Crippen LogP) is 11.0. The van der Waals surface area contributed by atoms with Gasteiger partial charge in [0.1, 0.15) is 5.82 Å². The van der Waals surface area contributed by atoms with Gasteiger partial charge >= 0.3 is 0 Å². The highest BCUT2D eigenvalue weighted by Gasteiger charge is 2.61. The molecular weight excluding hydrogens is 525 g/mol. The van der Waals surface area contributed by atoms with Gasteiger partial charge in [-0.05, 0) is 144 Å². The van der Waals surface area contributed by atoms with Crippen LogP contribution in [0.5, 0.6) is 0 Å². The smallest absolute Gasteiger partial charge is 0.126 e. The topological polar surface area (TPSA) is 3.24 Å². The van der Waals surface area contributed by atoms with Crippen molar-refractivity contribution in [3.05, 3.63) is 138 Å². The highest BCUT2D eigenvalue weighted by Crippen LogP contribution is 2.69. The first-order valence-corrected chi connectivity index (χ1v) is 16.1. The predicted molar refractivity (Wildman–Crippen MR) is 175 cm³/mol. The molecule has 1 nitrogen and oxygen atoms in total. The number of benzene rings is 5. The Balaban J connectivity index is 1.22. The maximum Gasteiger partial charge on any atom is 0.126 e. The Kier molecular flexibility index (Phi) is 5.55. The molecule has 1 spiro atoms. The average Bonchev–Trinajstić information content (AvgIpc) is 3.32. The van der Waals surface area contributed by atoms with Gasteiger partial charge in [-0.25, -0.2) is 4.39 Å². The SMILES string of the molecule is Cc1cc(N(c2ccc(-c3ccccc3)cc2)c2ccc3c(c2)C2(c4ccccc4-3)C3CC4CC(C3)CC2C4)ccc1F. The van der Waals surface area contributed by atoms with Crippen molar-refractivity contribution < 1.29 is 4.39 Å². The van der Waals surface area contributed by atoms with Crippen molar-refractivity contribution in [3.8, 4) is 22.3 Å². The molecule has 0 unspecified atom stereocenters. The van der Waals surface area contributed by atoms with E-state index >= 15 is 0 Å². The molecule has 4 saturated carbocycles. The van der Waals surface area contributed by atoms with Crippen molar-refractivity contribution in [1.29, 1.82) is 0 Å². The van der Waals surface area contributed by atoms with E-state index in [1.165, 1.54) is 59.9 Å². The number of fused-ring (bicyclic) bond motifs is 3. The van der Waals surface area contributed by atoms with E-state index in [0.717, 1.165) is 28.9 Å². The van der Waals surface area contributed by atoms with Gasteiger partial charge in [-0.2, -0.15) is 0 Å². The van der Waals surface area contributed by atoms with E-state index in [2.05, 4.69) is 102 Å². The molecule has 0 atom stereocenters. The summed E-state index contributed by atoms with van der Waals surface area (Å²) in [7, 11) is 0. The lowest BCUT2D eigenvalue weighted by atomic mass is 9.43. The van der Waals surface area contributed by atoms with Crippen LogP contribution in [-0.2, 0) is 5.41 Å².